The Bertz CT molecular complexity index is 862. The zero-order chi connectivity index (χ0) is 25.2. The van der Waals surface area contributed by atoms with Crippen LogP contribution in [0.4, 0.5) is 0 Å². The molecule has 0 unspecified atom stereocenters. The monoisotopic (exact) mass is 464 g/mol. The largest absolute Gasteiger partial charge is 0.494 e. The van der Waals surface area contributed by atoms with Crippen molar-refractivity contribution in [3.8, 4) is 5.75 Å². The molecule has 0 bridgehead atoms. The number of rotatable bonds is 13. The molecule has 0 aromatic heterocycles. The molecule has 33 heavy (non-hydrogen) atoms. The van der Waals surface area contributed by atoms with Crippen LogP contribution in [0.2, 0.25) is 0 Å². The molecule has 0 aliphatic carbocycles. The van der Waals surface area contributed by atoms with E-state index in [4.69, 9.17) is 21.0 Å². The van der Waals surface area contributed by atoms with E-state index in [0.717, 1.165) is 0 Å². The molecule has 0 heterocycles. The Morgan fingerprint density at radius 3 is 2.15 bits per heavy atom. The second kappa shape index (κ2) is 12.4. The quantitative estimate of drug-likeness (QED) is 0.142. The number of carboxylic acids is 2. The van der Waals surface area contributed by atoms with Gasteiger partial charge in [-0.25, -0.2) is 4.79 Å². The Morgan fingerprint density at radius 2 is 1.67 bits per heavy atom. The molecule has 0 aliphatic rings. The number of hydrogen-bond acceptors (Lipinski definition) is 6. The summed E-state index contributed by atoms with van der Waals surface area (Å²) < 4.78 is 5.50. The Balaban J connectivity index is 2.60. The molecular weight excluding hydrogens is 432 g/mol. The maximum absolute atomic E-state index is 12.5. The smallest absolute Gasteiger partial charge is 0.326 e. The molecular formula is C22H32N4O7. The van der Waals surface area contributed by atoms with Crippen molar-refractivity contribution in [2.24, 2.45) is 11.1 Å². The highest BCUT2D eigenvalue weighted by Crippen LogP contribution is 2.21. The molecule has 2 atom stereocenters. The van der Waals surface area contributed by atoms with Crippen LogP contribution in [0, 0.1) is 10.8 Å². The number of nitrogens with one attached hydrogen (secondary N) is 3. The van der Waals surface area contributed by atoms with Crippen LogP contribution in [0.3, 0.4) is 0 Å². The summed E-state index contributed by atoms with van der Waals surface area (Å²) in [6, 6.07) is 3.92. The number of aliphatic carboxylic acids is 2. The van der Waals surface area contributed by atoms with Gasteiger partial charge in [0, 0.05) is 12.0 Å². The fraction of sp³-hybridized carbons (Fsp3) is 0.500. The molecule has 7 N–H and O–H groups in total. The fourth-order valence-electron chi connectivity index (χ4n) is 2.89. The van der Waals surface area contributed by atoms with Crippen LogP contribution >= 0.6 is 0 Å². The molecule has 11 nitrogen and oxygen atoms in total. The fourth-order valence-corrected chi connectivity index (χ4v) is 2.89. The van der Waals surface area contributed by atoms with E-state index in [1.54, 1.807) is 24.3 Å². The van der Waals surface area contributed by atoms with E-state index < -0.39 is 47.7 Å². The van der Waals surface area contributed by atoms with Crippen LogP contribution < -0.4 is 21.1 Å². The predicted octanol–water partition coefficient (Wildman–Crippen LogP) is 1.09. The van der Waals surface area contributed by atoms with Crippen molar-refractivity contribution in [2.45, 2.75) is 58.5 Å². The number of nitrogen functional groups attached to an aromatic ring is 1. The van der Waals surface area contributed by atoms with Gasteiger partial charge in [-0.2, -0.15) is 0 Å². The maximum atomic E-state index is 12.5. The lowest BCUT2D eigenvalue weighted by Gasteiger charge is -2.25. The summed E-state index contributed by atoms with van der Waals surface area (Å²) in [5, 5.41) is 30.5. The molecule has 0 saturated carbocycles. The van der Waals surface area contributed by atoms with Crippen molar-refractivity contribution >= 4 is 29.6 Å². The SMILES string of the molecule is CC(C)(C)C[C@H](NC(=O)[C@H](CC(=O)O)NC(=O)CCCOc1ccc(C(=N)N)cc1)C(=O)O. The predicted molar refractivity (Wildman–Crippen MR) is 120 cm³/mol. The normalized spacial score (nSPS) is 12.8. The number of nitrogens with two attached hydrogens (primary N) is 1. The van der Waals surface area contributed by atoms with E-state index in [0.29, 0.717) is 17.7 Å². The average molecular weight is 465 g/mol. The van der Waals surface area contributed by atoms with E-state index in [1.165, 1.54) is 0 Å². The van der Waals surface area contributed by atoms with Gasteiger partial charge in [-0.15, -0.1) is 0 Å². The number of benzene rings is 1. The minimum atomic E-state index is -1.41. The van der Waals surface area contributed by atoms with Crippen LogP contribution in [0.15, 0.2) is 24.3 Å². The first-order chi connectivity index (χ1) is 15.3. The highest BCUT2D eigenvalue weighted by molar-refractivity contribution is 5.95. The summed E-state index contributed by atoms with van der Waals surface area (Å²) in [6.07, 6.45) is -0.284. The van der Waals surface area contributed by atoms with Gasteiger partial charge in [0.15, 0.2) is 0 Å². The van der Waals surface area contributed by atoms with Gasteiger partial charge in [0.25, 0.3) is 0 Å². The molecule has 11 heteroatoms. The number of hydrogen-bond donors (Lipinski definition) is 6. The molecule has 0 saturated heterocycles. The van der Waals surface area contributed by atoms with Gasteiger partial charge >= 0.3 is 11.9 Å². The molecule has 182 valence electrons. The van der Waals surface area contributed by atoms with Crippen molar-refractivity contribution in [1.82, 2.24) is 10.6 Å². The third-order valence-corrected chi connectivity index (χ3v) is 4.44. The number of amides is 2. The second-order valence-corrected chi connectivity index (χ2v) is 8.77. The highest BCUT2D eigenvalue weighted by Gasteiger charge is 2.30. The van der Waals surface area contributed by atoms with E-state index in [2.05, 4.69) is 10.6 Å². The van der Waals surface area contributed by atoms with Crippen molar-refractivity contribution < 1.29 is 34.1 Å². The van der Waals surface area contributed by atoms with Crippen LogP contribution in [-0.2, 0) is 19.2 Å². The lowest BCUT2D eigenvalue weighted by atomic mass is 9.88. The van der Waals surface area contributed by atoms with Crippen molar-refractivity contribution in [3.63, 3.8) is 0 Å². The van der Waals surface area contributed by atoms with Gasteiger partial charge in [0.05, 0.1) is 13.0 Å². The first-order valence-corrected chi connectivity index (χ1v) is 10.4. The molecule has 1 rings (SSSR count). The summed E-state index contributed by atoms with van der Waals surface area (Å²) in [7, 11) is 0. The number of carbonyl (C=O) groups excluding carboxylic acids is 2. The van der Waals surface area contributed by atoms with Crippen LogP contribution in [0.5, 0.6) is 5.75 Å². The topological polar surface area (TPSA) is 192 Å². The van der Waals surface area contributed by atoms with Gasteiger partial charge in [-0.3, -0.25) is 19.8 Å². The van der Waals surface area contributed by atoms with Gasteiger partial charge < -0.3 is 31.3 Å². The molecule has 2 amide bonds. The first kappa shape index (κ1) is 27.4. The minimum Gasteiger partial charge on any atom is -0.494 e. The van der Waals surface area contributed by atoms with E-state index >= 15 is 0 Å². The molecule has 0 spiro atoms. The Morgan fingerprint density at radius 1 is 1.06 bits per heavy atom. The minimum absolute atomic E-state index is 0.0285. The van der Waals surface area contributed by atoms with E-state index in [-0.39, 0.29) is 25.3 Å². The number of amidine groups is 1. The Labute approximate surface area is 192 Å². The lowest BCUT2D eigenvalue weighted by Crippen LogP contribution is -2.53. The standard InChI is InChI=1S/C22H32N4O7/c1-22(2,3)12-16(21(31)32)26-20(30)15(11-18(28)29)25-17(27)5-4-10-33-14-8-6-13(7-9-14)19(23)24/h6-9,15-16H,4-5,10-12H2,1-3H3,(H3,23,24)(H,25,27)(H,26,30)(H,28,29)(H,31,32)/t15-,16-/m0/s1. The van der Waals surface area contributed by atoms with Gasteiger partial charge in [-0.1, -0.05) is 20.8 Å². The van der Waals surface area contributed by atoms with Crippen LogP contribution in [0.25, 0.3) is 0 Å². The summed E-state index contributed by atoms with van der Waals surface area (Å²) in [5.74, 6) is -3.52. The van der Waals surface area contributed by atoms with Crippen LogP contribution in [-0.4, -0.2) is 58.5 Å². The second-order valence-electron chi connectivity index (χ2n) is 8.77. The van der Waals surface area contributed by atoms with Crippen molar-refractivity contribution in [2.75, 3.05) is 6.61 Å². The zero-order valence-electron chi connectivity index (χ0n) is 19.0. The molecule has 0 radical (unpaired) electrons. The lowest BCUT2D eigenvalue weighted by molar-refractivity contribution is -0.144. The summed E-state index contributed by atoms with van der Waals surface area (Å²) in [5.41, 5.74) is 5.54. The summed E-state index contributed by atoms with van der Waals surface area (Å²) in [6.45, 7) is 5.62. The number of ether oxygens (including phenoxy) is 1. The Hall–Kier alpha value is -3.63. The number of carboxylic acid groups (broad SMARTS) is 2. The highest BCUT2D eigenvalue weighted by atomic mass is 16.5. The van der Waals surface area contributed by atoms with Crippen LogP contribution in [0.1, 0.15) is 52.0 Å². The molecule has 0 aliphatic heterocycles. The van der Waals surface area contributed by atoms with Gasteiger partial charge in [0.1, 0.15) is 23.7 Å². The Kier molecular flexibility index (Phi) is 10.3. The van der Waals surface area contributed by atoms with Gasteiger partial charge in [0.2, 0.25) is 11.8 Å². The summed E-state index contributed by atoms with van der Waals surface area (Å²) >= 11 is 0. The third-order valence-electron chi connectivity index (χ3n) is 4.44. The third kappa shape index (κ3) is 11.0. The zero-order valence-corrected chi connectivity index (χ0v) is 19.0. The number of carbonyl (C=O) groups is 4. The maximum Gasteiger partial charge on any atom is 0.326 e. The van der Waals surface area contributed by atoms with Crippen molar-refractivity contribution in [1.29, 1.82) is 5.41 Å². The van der Waals surface area contributed by atoms with E-state index in [1.807, 2.05) is 20.8 Å². The molecule has 0 fully saturated rings. The molecule has 1 aromatic rings. The van der Waals surface area contributed by atoms with E-state index in [9.17, 15) is 24.3 Å². The molecule has 1 aromatic carbocycles. The summed E-state index contributed by atoms with van der Waals surface area (Å²) in [4.78, 5) is 47.3. The average Bonchev–Trinajstić information content (AvgIpc) is 2.69. The van der Waals surface area contributed by atoms with Crippen molar-refractivity contribution in [3.05, 3.63) is 29.8 Å². The van der Waals surface area contributed by atoms with Gasteiger partial charge in [-0.05, 0) is 42.5 Å². The first-order valence-electron chi connectivity index (χ1n) is 10.4.